The summed E-state index contributed by atoms with van der Waals surface area (Å²) < 4.78 is 0. The van der Waals surface area contributed by atoms with Crippen molar-refractivity contribution in [1.82, 2.24) is 0 Å². The van der Waals surface area contributed by atoms with Crippen LogP contribution in [-0.2, 0) is 5.41 Å². The van der Waals surface area contributed by atoms with Crippen molar-refractivity contribution < 1.29 is 10.2 Å². The Balaban J connectivity index is 2.16. The standard InChI is InChI=1S/C26H30O2/c1-3-4-6-11-25(20-9-7-5-8-10-20)26(2,21-12-16-23(27)17-13-21)22-14-18-24(28)19-15-22/h5,7-10,12-19,25,27-28H,3-4,6,11H2,1-2H3. The number of rotatable bonds is 8. The quantitative estimate of drug-likeness (QED) is 0.427. The number of aromatic hydroxyl groups is 2. The first kappa shape index (κ1) is 20.0. The van der Waals surface area contributed by atoms with E-state index in [1.807, 2.05) is 24.3 Å². The molecule has 3 aromatic rings. The zero-order valence-electron chi connectivity index (χ0n) is 16.8. The maximum atomic E-state index is 9.83. The van der Waals surface area contributed by atoms with Crippen molar-refractivity contribution in [2.24, 2.45) is 0 Å². The number of hydrogen-bond donors (Lipinski definition) is 2. The number of phenolic OH excluding ortho intramolecular Hbond substituents is 2. The highest BCUT2D eigenvalue weighted by molar-refractivity contribution is 5.46. The summed E-state index contributed by atoms with van der Waals surface area (Å²) in [6, 6.07) is 25.9. The van der Waals surface area contributed by atoms with Crippen LogP contribution in [0.4, 0.5) is 0 Å². The molecule has 0 aliphatic carbocycles. The Kier molecular flexibility index (Phi) is 6.41. The van der Waals surface area contributed by atoms with Crippen LogP contribution in [-0.4, -0.2) is 10.2 Å². The molecule has 146 valence electrons. The first-order valence-corrected chi connectivity index (χ1v) is 10.2. The van der Waals surface area contributed by atoms with Crippen LogP contribution in [0.2, 0.25) is 0 Å². The summed E-state index contributed by atoms with van der Waals surface area (Å²) in [7, 11) is 0. The topological polar surface area (TPSA) is 40.5 Å². The fraction of sp³-hybridized carbons (Fsp3) is 0.308. The highest BCUT2D eigenvalue weighted by Gasteiger charge is 2.38. The van der Waals surface area contributed by atoms with Gasteiger partial charge < -0.3 is 10.2 Å². The van der Waals surface area contributed by atoms with E-state index in [0.717, 1.165) is 6.42 Å². The molecule has 1 atom stereocenters. The van der Waals surface area contributed by atoms with Gasteiger partial charge in [0.2, 0.25) is 0 Å². The average molecular weight is 375 g/mol. The summed E-state index contributed by atoms with van der Waals surface area (Å²) in [5.74, 6) is 0.840. The van der Waals surface area contributed by atoms with Gasteiger partial charge in [-0.1, -0.05) is 87.7 Å². The zero-order chi connectivity index (χ0) is 20.0. The third-order valence-corrected chi connectivity index (χ3v) is 5.93. The van der Waals surface area contributed by atoms with E-state index in [2.05, 4.69) is 44.2 Å². The Morgan fingerprint density at radius 3 is 1.68 bits per heavy atom. The van der Waals surface area contributed by atoms with Crippen molar-refractivity contribution in [3.63, 3.8) is 0 Å². The lowest BCUT2D eigenvalue weighted by Crippen LogP contribution is -2.32. The fourth-order valence-electron chi connectivity index (χ4n) is 4.26. The SMILES string of the molecule is CCCCCC(c1ccccc1)C(C)(c1ccc(O)cc1)c1ccc(O)cc1. The third kappa shape index (κ3) is 4.22. The van der Waals surface area contributed by atoms with Gasteiger partial charge in [-0.25, -0.2) is 0 Å². The second-order valence-corrected chi connectivity index (χ2v) is 7.76. The summed E-state index contributed by atoms with van der Waals surface area (Å²) in [4.78, 5) is 0. The molecular formula is C26H30O2. The molecule has 2 nitrogen and oxygen atoms in total. The monoisotopic (exact) mass is 374 g/mol. The van der Waals surface area contributed by atoms with Crippen LogP contribution in [0.3, 0.4) is 0 Å². The van der Waals surface area contributed by atoms with Crippen molar-refractivity contribution in [1.29, 1.82) is 0 Å². The van der Waals surface area contributed by atoms with E-state index < -0.39 is 0 Å². The maximum Gasteiger partial charge on any atom is 0.115 e. The molecule has 0 bridgehead atoms. The van der Waals surface area contributed by atoms with Gasteiger partial charge in [0.25, 0.3) is 0 Å². The molecule has 28 heavy (non-hydrogen) atoms. The molecule has 2 N–H and O–H groups in total. The zero-order valence-corrected chi connectivity index (χ0v) is 16.8. The molecule has 0 spiro atoms. The van der Waals surface area contributed by atoms with Crippen LogP contribution in [0.5, 0.6) is 11.5 Å². The Morgan fingerprint density at radius 1 is 0.714 bits per heavy atom. The van der Waals surface area contributed by atoms with Gasteiger partial charge in [-0.2, -0.15) is 0 Å². The summed E-state index contributed by atoms with van der Waals surface area (Å²) in [6.07, 6.45) is 4.65. The molecule has 0 saturated heterocycles. The maximum absolute atomic E-state index is 9.83. The molecule has 0 aliphatic rings. The van der Waals surface area contributed by atoms with Crippen molar-refractivity contribution in [3.05, 3.63) is 95.6 Å². The molecule has 0 amide bonds. The molecule has 0 radical (unpaired) electrons. The van der Waals surface area contributed by atoms with Crippen LogP contribution in [0.15, 0.2) is 78.9 Å². The molecular weight excluding hydrogens is 344 g/mol. The lowest BCUT2D eigenvalue weighted by molar-refractivity contribution is 0.404. The predicted octanol–water partition coefficient (Wildman–Crippen LogP) is 6.77. The molecule has 3 aromatic carbocycles. The largest absolute Gasteiger partial charge is 0.508 e. The van der Waals surface area contributed by atoms with Gasteiger partial charge in [-0.05, 0) is 53.3 Å². The van der Waals surface area contributed by atoms with E-state index in [4.69, 9.17) is 0 Å². The first-order valence-electron chi connectivity index (χ1n) is 10.2. The summed E-state index contributed by atoms with van der Waals surface area (Å²) in [5, 5.41) is 19.7. The molecule has 2 heteroatoms. The number of hydrogen-bond acceptors (Lipinski definition) is 2. The highest BCUT2D eigenvalue weighted by atomic mass is 16.3. The molecule has 3 rings (SSSR count). The number of phenols is 2. The normalized spacial score (nSPS) is 12.6. The minimum absolute atomic E-state index is 0.277. The van der Waals surface area contributed by atoms with E-state index in [9.17, 15) is 10.2 Å². The Morgan fingerprint density at radius 2 is 1.21 bits per heavy atom. The minimum atomic E-state index is -0.281. The van der Waals surface area contributed by atoms with E-state index in [1.54, 1.807) is 24.3 Å². The molecule has 1 unspecified atom stereocenters. The number of benzene rings is 3. The molecule has 0 saturated carbocycles. The van der Waals surface area contributed by atoms with E-state index >= 15 is 0 Å². The molecule has 0 fully saturated rings. The van der Waals surface area contributed by atoms with Gasteiger partial charge in [0, 0.05) is 5.41 Å². The van der Waals surface area contributed by atoms with E-state index in [-0.39, 0.29) is 22.8 Å². The smallest absolute Gasteiger partial charge is 0.115 e. The fourth-order valence-corrected chi connectivity index (χ4v) is 4.26. The van der Waals surface area contributed by atoms with Crippen molar-refractivity contribution in [2.75, 3.05) is 0 Å². The minimum Gasteiger partial charge on any atom is -0.508 e. The predicted molar refractivity (Wildman–Crippen MR) is 116 cm³/mol. The Hall–Kier alpha value is -2.74. The van der Waals surface area contributed by atoms with Gasteiger partial charge in [0.05, 0.1) is 0 Å². The van der Waals surface area contributed by atoms with Crippen LogP contribution in [0.1, 0.15) is 62.1 Å². The molecule has 0 heterocycles. The summed E-state index contributed by atoms with van der Waals surface area (Å²) in [5.41, 5.74) is 3.38. The van der Waals surface area contributed by atoms with Gasteiger partial charge >= 0.3 is 0 Å². The summed E-state index contributed by atoms with van der Waals surface area (Å²) in [6.45, 7) is 4.52. The van der Waals surface area contributed by atoms with Gasteiger partial charge in [0.15, 0.2) is 0 Å². The van der Waals surface area contributed by atoms with Gasteiger partial charge in [-0.3, -0.25) is 0 Å². The second kappa shape index (κ2) is 8.97. The van der Waals surface area contributed by atoms with E-state index in [1.165, 1.54) is 36.0 Å². The Labute approximate surface area is 168 Å². The van der Waals surface area contributed by atoms with Crippen LogP contribution in [0, 0.1) is 0 Å². The third-order valence-electron chi connectivity index (χ3n) is 5.93. The average Bonchev–Trinajstić information content (AvgIpc) is 2.72. The molecule has 0 aromatic heterocycles. The van der Waals surface area contributed by atoms with Crippen molar-refractivity contribution in [3.8, 4) is 11.5 Å². The van der Waals surface area contributed by atoms with E-state index in [0.29, 0.717) is 0 Å². The first-order chi connectivity index (χ1) is 13.6. The number of unbranched alkanes of at least 4 members (excludes halogenated alkanes) is 2. The lowest BCUT2D eigenvalue weighted by atomic mass is 9.63. The Bertz CT molecular complexity index is 806. The van der Waals surface area contributed by atoms with Crippen molar-refractivity contribution in [2.45, 2.75) is 50.9 Å². The molecule has 0 aliphatic heterocycles. The lowest BCUT2D eigenvalue weighted by Gasteiger charge is -2.40. The van der Waals surface area contributed by atoms with Crippen LogP contribution < -0.4 is 0 Å². The van der Waals surface area contributed by atoms with Crippen LogP contribution in [0.25, 0.3) is 0 Å². The van der Waals surface area contributed by atoms with Crippen LogP contribution >= 0.6 is 0 Å². The highest BCUT2D eigenvalue weighted by Crippen LogP contribution is 2.47. The van der Waals surface area contributed by atoms with Gasteiger partial charge in [0.1, 0.15) is 11.5 Å². The summed E-state index contributed by atoms with van der Waals surface area (Å²) >= 11 is 0. The van der Waals surface area contributed by atoms with Crippen molar-refractivity contribution >= 4 is 0 Å². The van der Waals surface area contributed by atoms with Gasteiger partial charge in [-0.15, -0.1) is 0 Å². The second-order valence-electron chi connectivity index (χ2n) is 7.76.